The topological polar surface area (TPSA) is 88.0 Å². The maximum absolute atomic E-state index is 11.6. The summed E-state index contributed by atoms with van der Waals surface area (Å²) in [6.45, 7) is 1.78. The van der Waals surface area contributed by atoms with Gasteiger partial charge in [0.15, 0.2) is 5.69 Å². The Morgan fingerprint density at radius 2 is 2.31 bits per heavy atom. The summed E-state index contributed by atoms with van der Waals surface area (Å²) in [4.78, 5) is 15.4. The zero-order valence-corrected chi connectivity index (χ0v) is 9.15. The molecule has 7 heteroatoms. The minimum atomic E-state index is -0.505. The van der Waals surface area contributed by atoms with E-state index in [1.165, 1.54) is 23.6 Å². The summed E-state index contributed by atoms with van der Waals surface area (Å²) in [6, 6.07) is 2.94. The third kappa shape index (κ3) is 2.14. The fraction of sp³-hybridized carbons (Fsp3) is 0.111. The van der Waals surface area contributed by atoms with Crippen LogP contribution < -0.4 is 5.32 Å². The molecule has 0 aromatic carbocycles. The molecule has 0 aliphatic carbocycles. The van der Waals surface area contributed by atoms with Crippen LogP contribution in [-0.4, -0.2) is 26.2 Å². The molecule has 2 rings (SSSR count). The van der Waals surface area contributed by atoms with Crippen molar-refractivity contribution >= 4 is 22.4 Å². The van der Waals surface area contributed by atoms with E-state index in [1.54, 1.807) is 13.0 Å². The first-order valence-electron chi connectivity index (χ1n) is 4.42. The van der Waals surface area contributed by atoms with Crippen molar-refractivity contribution in [1.82, 2.24) is 15.2 Å². The third-order valence-corrected chi connectivity index (χ3v) is 2.50. The largest absolute Gasteiger partial charge is 0.505 e. The molecule has 82 valence electrons. The molecule has 0 aliphatic heterocycles. The first-order chi connectivity index (χ1) is 7.66. The van der Waals surface area contributed by atoms with Gasteiger partial charge in [-0.15, -0.1) is 10.2 Å². The highest BCUT2D eigenvalue weighted by molar-refractivity contribution is 7.15. The fourth-order valence-electron chi connectivity index (χ4n) is 1.08. The smallest absolute Gasteiger partial charge is 0.279 e. The molecule has 0 aliphatic rings. The Balaban J connectivity index is 2.18. The number of hydrogen-bond donors (Lipinski definition) is 2. The molecular formula is C9H8N4O2S. The minimum absolute atomic E-state index is 0.0321. The van der Waals surface area contributed by atoms with Gasteiger partial charge in [0, 0.05) is 6.20 Å². The van der Waals surface area contributed by atoms with E-state index in [2.05, 4.69) is 20.5 Å². The normalized spacial score (nSPS) is 10.1. The van der Waals surface area contributed by atoms with Crippen molar-refractivity contribution < 1.29 is 9.90 Å². The number of nitrogens with zero attached hydrogens (tertiary/aromatic N) is 3. The Morgan fingerprint density at radius 3 is 2.94 bits per heavy atom. The molecule has 0 bridgehead atoms. The molecule has 2 aromatic rings. The average molecular weight is 236 g/mol. The average Bonchev–Trinajstić information content (AvgIpc) is 2.64. The number of aromatic hydroxyl groups is 1. The highest BCUT2D eigenvalue weighted by Crippen LogP contribution is 2.17. The van der Waals surface area contributed by atoms with Gasteiger partial charge in [-0.25, -0.2) is 4.98 Å². The van der Waals surface area contributed by atoms with Gasteiger partial charge in [0.25, 0.3) is 5.91 Å². The summed E-state index contributed by atoms with van der Waals surface area (Å²) < 4.78 is 0. The van der Waals surface area contributed by atoms with Crippen LogP contribution in [0.1, 0.15) is 15.5 Å². The van der Waals surface area contributed by atoms with Crippen molar-refractivity contribution in [2.24, 2.45) is 0 Å². The van der Waals surface area contributed by atoms with Crippen LogP contribution in [-0.2, 0) is 0 Å². The van der Waals surface area contributed by atoms with Crippen molar-refractivity contribution in [2.45, 2.75) is 6.92 Å². The van der Waals surface area contributed by atoms with Crippen molar-refractivity contribution in [3.63, 3.8) is 0 Å². The molecule has 0 saturated heterocycles. The van der Waals surface area contributed by atoms with E-state index in [0.717, 1.165) is 5.01 Å². The van der Waals surface area contributed by atoms with Crippen LogP contribution in [0.5, 0.6) is 5.75 Å². The van der Waals surface area contributed by atoms with E-state index in [-0.39, 0.29) is 11.4 Å². The van der Waals surface area contributed by atoms with Crippen LogP contribution >= 0.6 is 11.3 Å². The molecule has 0 radical (unpaired) electrons. The Morgan fingerprint density at radius 1 is 1.50 bits per heavy atom. The van der Waals surface area contributed by atoms with Crippen LogP contribution in [0.15, 0.2) is 18.3 Å². The molecule has 2 aromatic heterocycles. The van der Waals surface area contributed by atoms with Gasteiger partial charge in [0.2, 0.25) is 5.13 Å². The SMILES string of the molecule is Cc1nnc(NC(=O)c2ncccc2O)s1. The summed E-state index contributed by atoms with van der Waals surface area (Å²) in [5, 5.41) is 20.5. The van der Waals surface area contributed by atoms with E-state index >= 15 is 0 Å². The number of rotatable bonds is 2. The van der Waals surface area contributed by atoms with E-state index in [4.69, 9.17) is 0 Å². The number of aryl methyl sites for hydroxylation is 1. The highest BCUT2D eigenvalue weighted by atomic mass is 32.1. The van der Waals surface area contributed by atoms with Gasteiger partial charge in [-0.05, 0) is 19.1 Å². The first kappa shape index (κ1) is 10.5. The Hall–Kier alpha value is -2.02. The van der Waals surface area contributed by atoms with Crippen molar-refractivity contribution in [2.75, 3.05) is 5.32 Å². The molecule has 2 N–H and O–H groups in total. The second kappa shape index (κ2) is 4.23. The Bertz CT molecular complexity index is 526. The van der Waals surface area contributed by atoms with Crippen LogP contribution in [0, 0.1) is 6.92 Å². The van der Waals surface area contributed by atoms with Gasteiger partial charge in [-0.1, -0.05) is 11.3 Å². The number of anilines is 1. The summed E-state index contributed by atoms with van der Waals surface area (Å²) in [5.41, 5.74) is -0.0321. The molecule has 6 nitrogen and oxygen atoms in total. The van der Waals surface area contributed by atoms with Gasteiger partial charge in [-0.3, -0.25) is 10.1 Å². The summed E-state index contributed by atoms with van der Waals surface area (Å²) in [5.74, 6) is -0.671. The second-order valence-corrected chi connectivity index (χ2v) is 4.13. The van der Waals surface area contributed by atoms with Gasteiger partial charge >= 0.3 is 0 Å². The van der Waals surface area contributed by atoms with E-state index in [9.17, 15) is 9.90 Å². The summed E-state index contributed by atoms with van der Waals surface area (Å²) >= 11 is 1.25. The molecule has 0 atom stereocenters. The molecule has 16 heavy (non-hydrogen) atoms. The monoisotopic (exact) mass is 236 g/mol. The van der Waals surface area contributed by atoms with Gasteiger partial charge in [0.05, 0.1) is 0 Å². The molecule has 0 spiro atoms. The number of nitrogens with one attached hydrogen (secondary N) is 1. The fourth-order valence-corrected chi connectivity index (χ4v) is 1.66. The lowest BCUT2D eigenvalue weighted by molar-refractivity contribution is 0.101. The van der Waals surface area contributed by atoms with Crippen LogP contribution in [0.2, 0.25) is 0 Å². The second-order valence-electron chi connectivity index (χ2n) is 2.95. The van der Waals surface area contributed by atoms with Crippen LogP contribution in [0.3, 0.4) is 0 Å². The lowest BCUT2D eigenvalue weighted by Gasteiger charge is -2.01. The number of aromatic nitrogens is 3. The zero-order valence-electron chi connectivity index (χ0n) is 8.34. The van der Waals surface area contributed by atoms with Crippen LogP contribution in [0.4, 0.5) is 5.13 Å². The van der Waals surface area contributed by atoms with Gasteiger partial charge < -0.3 is 5.11 Å². The quantitative estimate of drug-likeness (QED) is 0.818. The van der Waals surface area contributed by atoms with Crippen molar-refractivity contribution in [3.05, 3.63) is 29.0 Å². The lowest BCUT2D eigenvalue weighted by atomic mass is 10.3. The van der Waals surface area contributed by atoms with Gasteiger partial charge in [-0.2, -0.15) is 0 Å². The zero-order chi connectivity index (χ0) is 11.5. The van der Waals surface area contributed by atoms with Gasteiger partial charge in [0.1, 0.15) is 10.8 Å². The molecule has 2 heterocycles. The lowest BCUT2D eigenvalue weighted by Crippen LogP contribution is -2.13. The third-order valence-electron chi connectivity index (χ3n) is 1.75. The summed E-state index contributed by atoms with van der Waals surface area (Å²) in [6.07, 6.45) is 1.43. The van der Waals surface area contributed by atoms with Crippen molar-refractivity contribution in [3.8, 4) is 5.75 Å². The molecule has 0 fully saturated rings. The predicted octanol–water partition coefficient (Wildman–Crippen LogP) is 1.20. The van der Waals surface area contributed by atoms with E-state index in [0.29, 0.717) is 5.13 Å². The molecule has 0 unspecified atom stereocenters. The maximum Gasteiger partial charge on any atom is 0.279 e. The highest BCUT2D eigenvalue weighted by Gasteiger charge is 2.13. The number of carbonyl (C=O) groups excluding carboxylic acids is 1. The number of pyridine rings is 1. The Labute approximate surface area is 95.0 Å². The van der Waals surface area contributed by atoms with E-state index in [1.807, 2.05) is 0 Å². The maximum atomic E-state index is 11.6. The Kier molecular flexibility index (Phi) is 2.78. The summed E-state index contributed by atoms with van der Waals surface area (Å²) in [7, 11) is 0. The number of amides is 1. The number of hydrogen-bond acceptors (Lipinski definition) is 6. The van der Waals surface area contributed by atoms with E-state index < -0.39 is 5.91 Å². The molecule has 0 saturated carbocycles. The van der Waals surface area contributed by atoms with Crippen molar-refractivity contribution in [1.29, 1.82) is 0 Å². The molecular weight excluding hydrogens is 228 g/mol. The predicted molar refractivity (Wildman–Crippen MR) is 58.5 cm³/mol. The molecule has 1 amide bonds. The van der Waals surface area contributed by atoms with Crippen LogP contribution in [0.25, 0.3) is 0 Å². The number of carbonyl (C=O) groups is 1. The first-order valence-corrected chi connectivity index (χ1v) is 5.24. The minimum Gasteiger partial charge on any atom is -0.505 e. The standard InChI is InChI=1S/C9H8N4O2S/c1-5-12-13-9(16-5)11-8(15)7-6(14)3-2-4-10-7/h2-4,14H,1H3,(H,11,13,15).